The van der Waals surface area contributed by atoms with Gasteiger partial charge in [-0.3, -0.25) is 4.79 Å². The molecule has 0 amide bonds. The number of rotatable bonds is 1. The van der Waals surface area contributed by atoms with Gasteiger partial charge in [0.1, 0.15) is 0 Å². The molecule has 4 rings (SSSR count). The van der Waals surface area contributed by atoms with E-state index < -0.39 is 16.9 Å². The normalized spacial score (nSPS) is 19.7. The van der Waals surface area contributed by atoms with Crippen LogP contribution in [-0.4, -0.2) is 16.3 Å². The van der Waals surface area contributed by atoms with E-state index in [1.54, 1.807) is 0 Å². The second-order valence-electron chi connectivity index (χ2n) is 8.35. The van der Waals surface area contributed by atoms with Gasteiger partial charge in [0.2, 0.25) is 5.95 Å². The predicted octanol–water partition coefficient (Wildman–Crippen LogP) is 5.08. The number of aromatic nitrogens is 1. The van der Waals surface area contributed by atoms with Gasteiger partial charge >= 0.3 is 0 Å². The van der Waals surface area contributed by atoms with Crippen molar-refractivity contribution >= 4 is 23.1 Å². The highest BCUT2D eigenvalue weighted by Gasteiger charge is 2.47. The minimum atomic E-state index is -0.630. The first-order valence-corrected chi connectivity index (χ1v) is 9.34. The van der Waals surface area contributed by atoms with Crippen molar-refractivity contribution in [2.75, 3.05) is 5.32 Å². The third-order valence-corrected chi connectivity index (χ3v) is 6.06. The van der Waals surface area contributed by atoms with Crippen molar-refractivity contribution in [1.29, 1.82) is 0 Å². The van der Waals surface area contributed by atoms with E-state index in [2.05, 4.69) is 10.3 Å². The van der Waals surface area contributed by atoms with Gasteiger partial charge in [-0.15, -0.1) is 0 Å². The summed E-state index contributed by atoms with van der Waals surface area (Å²) in [6, 6.07) is 3.41. The molecule has 0 fully saturated rings. The van der Waals surface area contributed by atoms with Gasteiger partial charge in [0.05, 0.1) is 16.0 Å². The Morgan fingerprint density at radius 1 is 1.12 bits per heavy atom. The summed E-state index contributed by atoms with van der Waals surface area (Å²) in [7, 11) is 0. The molecule has 0 saturated heterocycles. The Morgan fingerprint density at radius 2 is 1.81 bits per heavy atom. The van der Waals surface area contributed by atoms with Crippen LogP contribution in [0, 0.1) is 5.95 Å². The van der Waals surface area contributed by atoms with Gasteiger partial charge < -0.3 is 5.32 Å². The zero-order valence-electron chi connectivity index (χ0n) is 15.5. The number of halogens is 2. The quantitative estimate of drug-likeness (QED) is 0.710. The molecule has 0 saturated carbocycles. The van der Waals surface area contributed by atoms with Gasteiger partial charge in [-0.1, -0.05) is 11.6 Å². The highest BCUT2D eigenvalue weighted by atomic mass is 35.5. The molecule has 0 spiro atoms. The number of pyridine rings is 1. The lowest BCUT2D eigenvalue weighted by Crippen LogP contribution is -2.53. The number of ketones is 1. The third-order valence-electron chi connectivity index (χ3n) is 5.76. The van der Waals surface area contributed by atoms with E-state index in [4.69, 9.17) is 11.6 Å². The zero-order valence-corrected chi connectivity index (χ0v) is 16.2. The molecular formula is C21H22ClFN2O. The smallest absolute Gasteiger partial charge is 0.213 e. The summed E-state index contributed by atoms with van der Waals surface area (Å²) in [5.41, 5.74) is 4.79. The summed E-state index contributed by atoms with van der Waals surface area (Å²) in [6.45, 7) is 7.81. The van der Waals surface area contributed by atoms with Crippen LogP contribution in [0.3, 0.4) is 0 Å². The number of fused-ring (bicyclic) bond motifs is 3. The molecule has 2 heterocycles. The third kappa shape index (κ3) is 2.38. The van der Waals surface area contributed by atoms with E-state index in [1.165, 1.54) is 23.4 Å². The highest BCUT2D eigenvalue weighted by Crippen LogP contribution is 2.48. The van der Waals surface area contributed by atoms with Crippen LogP contribution in [0.2, 0.25) is 5.02 Å². The minimum absolute atomic E-state index is 0.147. The second-order valence-corrected chi connectivity index (χ2v) is 8.76. The van der Waals surface area contributed by atoms with Crippen molar-refractivity contribution in [3.05, 3.63) is 46.0 Å². The first-order valence-electron chi connectivity index (χ1n) is 8.96. The number of nitrogens with one attached hydrogen (secondary N) is 1. The van der Waals surface area contributed by atoms with Crippen molar-refractivity contribution < 1.29 is 9.18 Å². The number of Topliss-reactive ketones (excluding diaryl/α,β-unsaturated/α-hetero) is 1. The molecular weight excluding hydrogens is 351 g/mol. The van der Waals surface area contributed by atoms with Gasteiger partial charge in [0, 0.05) is 23.5 Å². The van der Waals surface area contributed by atoms with E-state index in [9.17, 15) is 9.18 Å². The molecule has 2 aliphatic rings. The molecule has 1 aromatic carbocycles. The Bertz CT molecular complexity index is 950. The summed E-state index contributed by atoms with van der Waals surface area (Å²) in [6.07, 6.45) is 4.27. The Kier molecular flexibility index (Phi) is 3.71. The van der Waals surface area contributed by atoms with Crippen LogP contribution in [0.1, 0.15) is 50.8 Å². The maximum Gasteiger partial charge on any atom is 0.213 e. The lowest BCUT2D eigenvalue weighted by Gasteiger charge is -2.43. The molecule has 1 N–H and O–H groups in total. The SMILES string of the molecule is CC1(C)Nc2c(cc(-c3cc(F)ncc3Cl)c3c2CCC3)C(C)(C)C1=O. The summed E-state index contributed by atoms with van der Waals surface area (Å²) < 4.78 is 13.8. The van der Waals surface area contributed by atoms with E-state index in [-0.39, 0.29) is 5.78 Å². The molecule has 3 nitrogen and oxygen atoms in total. The highest BCUT2D eigenvalue weighted by molar-refractivity contribution is 6.33. The van der Waals surface area contributed by atoms with E-state index in [0.717, 1.165) is 36.1 Å². The minimum Gasteiger partial charge on any atom is -0.373 e. The summed E-state index contributed by atoms with van der Waals surface area (Å²) >= 11 is 6.35. The van der Waals surface area contributed by atoms with Crippen molar-refractivity contribution in [2.45, 2.75) is 57.9 Å². The van der Waals surface area contributed by atoms with Crippen LogP contribution < -0.4 is 5.32 Å². The molecule has 26 heavy (non-hydrogen) atoms. The number of nitrogens with zero attached hydrogens (tertiary/aromatic N) is 1. The Balaban J connectivity index is 2.04. The zero-order chi connectivity index (χ0) is 18.9. The monoisotopic (exact) mass is 372 g/mol. The summed E-state index contributed by atoms with van der Waals surface area (Å²) in [5.74, 6) is -0.406. The van der Waals surface area contributed by atoms with Gasteiger partial charge in [0.25, 0.3) is 0 Å². The standard InChI is InChI=1S/C21H22ClFN2O/c1-20(2)15-8-13(14-9-17(23)24-10-16(14)22)11-6-5-7-12(11)18(15)25-21(3,4)19(20)26/h8-10,25H,5-7H2,1-4H3. The van der Waals surface area contributed by atoms with E-state index in [1.807, 2.05) is 33.8 Å². The van der Waals surface area contributed by atoms with Crippen LogP contribution in [-0.2, 0) is 23.1 Å². The number of hydrogen-bond donors (Lipinski definition) is 1. The molecule has 0 bridgehead atoms. The lowest BCUT2D eigenvalue weighted by molar-refractivity contribution is -0.127. The fourth-order valence-corrected chi connectivity index (χ4v) is 4.76. The first-order chi connectivity index (χ1) is 12.1. The molecule has 1 aromatic heterocycles. The fourth-order valence-electron chi connectivity index (χ4n) is 4.55. The van der Waals surface area contributed by atoms with Gasteiger partial charge in [-0.05, 0) is 75.3 Å². The second kappa shape index (κ2) is 5.53. The number of benzene rings is 1. The van der Waals surface area contributed by atoms with Gasteiger partial charge in [0.15, 0.2) is 5.78 Å². The fraction of sp³-hybridized carbons (Fsp3) is 0.429. The average Bonchev–Trinajstić information content (AvgIpc) is 3.05. The number of carbonyl (C=O) groups is 1. The molecule has 136 valence electrons. The topological polar surface area (TPSA) is 42.0 Å². The molecule has 5 heteroatoms. The Morgan fingerprint density at radius 3 is 2.54 bits per heavy atom. The maximum atomic E-state index is 13.8. The number of carbonyl (C=O) groups excluding carboxylic acids is 1. The van der Waals surface area contributed by atoms with Crippen LogP contribution >= 0.6 is 11.6 Å². The van der Waals surface area contributed by atoms with Crippen LogP contribution in [0.5, 0.6) is 0 Å². The van der Waals surface area contributed by atoms with Gasteiger partial charge in [-0.2, -0.15) is 4.39 Å². The summed E-state index contributed by atoms with van der Waals surface area (Å²) in [5, 5.41) is 3.90. The van der Waals surface area contributed by atoms with Crippen LogP contribution in [0.25, 0.3) is 11.1 Å². The lowest BCUT2D eigenvalue weighted by atomic mass is 9.68. The van der Waals surface area contributed by atoms with Gasteiger partial charge in [-0.25, -0.2) is 4.98 Å². The molecule has 0 atom stereocenters. The Hall–Kier alpha value is -1.94. The largest absolute Gasteiger partial charge is 0.373 e. The molecule has 0 radical (unpaired) electrons. The molecule has 1 aliphatic heterocycles. The van der Waals surface area contributed by atoms with Crippen LogP contribution in [0.15, 0.2) is 18.3 Å². The van der Waals surface area contributed by atoms with Crippen molar-refractivity contribution in [2.24, 2.45) is 0 Å². The van der Waals surface area contributed by atoms with E-state index in [0.29, 0.717) is 10.6 Å². The summed E-state index contributed by atoms with van der Waals surface area (Å²) in [4.78, 5) is 16.7. The molecule has 0 unspecified atom stereocenters. The van der Waals surface area contributed by atoms with Crippen molar-refractivity contribution in [3.63, 3.8) is 0 Å². The average molecular weight is 373 g/mol. The maximum absolute atomic E-state index is 13.8. The van der Waals surface area contributed by atoms with Crippen molar-refractivity contribution in [1.82, 2.24) is 4.98 Å². The number of hydrogen-bond acceptors (Lipinski definition) is 3. The molecule has 1 aliphatic carbocycles. The number of anilines is 1. The van der Waals surface area contributed by atoms with E-state index >= 15 is 0 Å². The molecule has 2 aromatic rings. The van der Waals surface area contributed by atoms with Crippen molar-refractivity contribution in [3.8, 4) is 11.1 Å². The predicted molar refractivity (Wildman–Crippen MR) is 102 cm³/mol. The van der Waals surface area contributed by atoms with Crippen LogP contribution in [0.4, 0.5) is 10.1 Å². The Labute approximate surface area is 158 Å². The first kappa shape index (κ1) is 17.5.